The van der Waals surface area contributed by atoms with Gasteiger partial charge in [0.1, 0.15) is 0 Å². The standard InChI is InChI=1S/C16H20N2O5/c1-9-6-13-14(23-8-22-13)7-12(9)18-16(21)17-11-4-2-10(3-5-11)15(19)20/h6-7,10-11H,2-5,8H2,1H3,(H,19,20)(H2,17,18,21). The Bertz CT molecular complexity index is 623. The lowest BCUT2D eigenvalue weighted by Gasteiger charge is -2.27. The molecule has 1 fully saturated rings. The lowest BCUT2D eigenvalue weighted by Crippen LogP contribution is -2.41. The van der Waals surface area contributed by atoms with Crippen LogP contribution in [0.4, 0.5) is 10.5 Å². The second-order valence-electron chi connectivity index (χ2n) is 6.01. The van der Waals surface area contributed by atoms with Crippen LogP contribution in [0.15, 0.2) is 12.1 Å². The van der Waals surface area contributed by atoms with Crippen LogP contribution < -0.4 is 20.1 Å². The van der Waals surface area contributed by atoms with Crippen LogP contribution in [0.5, 0.6) is 11.5 Å². The highest BCUT2D eigenvalue weighted by atomic mass is 16.7. The molecule has 0 aromatic heterocycles. The summed E-state index contributed by atoms with van der Waals surface area (Å²) in [7, 11) is 0. The Morgan fingerprint density at radius 2 is 1.78 bits per heavy atom. The van der Waals surface area contributed by atoms with Gasteiger partial charge in [-0.1, -0.05) is 0 Å². The third-order valence-electron chi connectivity index (χ3n) is 4.38. The molecule has 2 amide bonds. The number of nitrogens with one attached hydrogen (secondary N) is 2. The van der Waals surface area contributed by atoms with Gasteiger partial charge in [0.25, 0.3) is 0 Å². The third-order valence-corrected chi connectivity index (χ3v) is 4.38. The van der Waals surface area contributed by atoms with Gasteiger partial charge in [-0.25, -0.2) is 4.79 Å². The number of rotatable bonds is 3. The Morgan fingerprint density at radius 1 is 1.13 bits per heavy atom. The van der Waals surface area contributed by atoms with Crippen molar-refractivity contribution in [3.63, 3.8) is 0 Å². The average Bonchev–Trinajstić information content (AvgIpc) is 2.95. The van der Waals surface area contributed by atoms with Crippen LogP contribution in [-0.2, 0) is 4.79 Å². The number of carboxylic acids is 1. The summed E-state index contributed by atoms with van der Waals surface area (Å²) in [6, 6.07) is 3.31. The van der Waals surface area contributed by atoms with E-state index in [-0.39, 0.29) is 24.8 Å². The molecule has 23 heavy (non-hydrogen) atoms. The maximum absolute atomic E-state index is 12.1. The molecule has 124 valence electrons. The van der Waals surface area contributed by atoms with E-state index in [4.69, 9.17) is 14.6 Å². The zero-order valence-corrected chi connectivity index (χ0v) is 12.9. The molecule has 0 saturated heterocycles. The number of aryl methyl sites for hydroxylation is 1. The average molecular weight is 320 g/mol. The van der Waals surface area contributed by atoms with E-state index in [1.54, 1.807) is 6.07 Å². The number of hydrogen-bond acceptors (Lipinski definition) is 4. The molecule has 0 radical (unpaired) electrons. The van der Waals surface area contributed by atoms with Crippen molar-refractivity contribution in [2.24, 2.45) is 5.92 Å². The molecule has 0 spiro atoms. The normalized spacial score (nSPS) is 22.5. The lowest BCUT2D eigenvalue weighted by atomic mass is 9.86. The predicted molar refractivity (Wildman–Crippen MR) is 82.8 cm³/mol. The minimum Gasteiger partial charge on any atom is -0.481 e. The molecule has 1 aromatic carbocycles. The molecule has 1 aromatic rings. The van der Waals surface area contributed by atoms with Crippen LogP contribution in [0.25, 0.3) is 0 Å². The fourth-order valence-electron chi connectivity index (χ4n) is 3.01. The highest BCUT2D eigenvalue weighted by Gasteiger charge is 2.27. The van der Waals surface area contributed by atoms with Crippen molar-refractivity contribution in [2.45, 2.75) is 38.6 Å². The maximum Gasteiger partial charge on any atom is 0.319 e. The number of benzene rings is 1. The largest absolute Gasteiger partial charge is 0.481 e. The van der Waals surface area contributed by atoms with Gasteiger partial charge in [-0.05, 0) is 44.2 Å². The number of ether oxygens (including phenoxy) is 2. The second kappa shape index (κ2) is 6.36. The molecule has 1 saturated carbocycles. The van der Waals surface area contributed by atoms with E-state index in [1.807, 2.05) is 13.0 Å². The van der Waals surface area contributed by atoms with Crippen molar-refractivity contribution in [1.29, 1.82) is 0 Å². The van der Waals surface area contributed by atoms with E-state index >= 15 is 0 Å². The number of urea groups is 1. The predicted octanol–water partition coefficient (Wildman–Crippen LogP) is 2.49. The first-order chi connectivity index (χ1) is 11.0. The Kier molecular flexibility index (Phi) is 4.27. The van der Waals surface area contributed by atoms with Crippen LogP contribution in [0.3, 0.4) is 0 Å². The number of carbonyl (C=O) groups is 2. The van der Waals surface area contributed by atoms with Gasteiger partial charge in [0.2, 0.25) is 6.79 Å². The minimum absolute atomic E-state index is 0.0138. The Morgan fingerprint density at radius 3 is 2.43 bits per heavy atom. The van der Waals surface area contributed by atoms with Crippen molar-refractivity contribution >= 4 is 17.7 Å². The summed E-state index contributed by atoms with van der Waals surface area (Å²) in [5.74, 6) is 0.268. The number of amides is 2. The highest BCUT2D eigenvalue weighted by molar-refractivity contribution is 5.90. The molecule has 3 N–H and O–H groups in total. The van der Waals surface area contributed by atoms with Crippen LogP contribution in [-0.4, -0.2) is 29.9 Å². The first kappa shape index (κ1) is 15.5. The summed E-state index contributed by atoms with van der Waals surface area (Å²) < 4.78 is 10.6. The third kappa shape index (κ3) is 3.49. The van der Waals surface area contributed by atoms with Crippen LogP contribution in [0, 0.1) is 12.8 Å². The van der Waals surface area contributed by atoms with Crippen molar-refractivity contribution < 1.29 is 24.2 Å². The topological polar surface area (TPSA) is 96.9 Å². The molecule has 2 aliphatic rings. The fraction of sp³-hybridized carbons (Fsp3) is 0.500. The zero-order chi connectivity index (χ0) is 16.4. The summed E-state index contributed by atoms with van der Waals surface area (Å²) in [5.41, 5.74) is 1.56. The lowest BCUT2D eigenvalue weighted by molar-refractivity contribution is -0.142. The molecule has 1 aliphatic heterocycles. The molecule has 1 heterocycles. The van der Waals surface area contributed by atoms with E-state index in [1.165, 1.54) is 0 Å². The van der Waals surface area contributed by atoms with Gasteiger partial charge < -0.3 is 25.2 Å². The number of fused-ring (bicyclic) bond motifs is 1. The van der Waals surface area contributed by atoms with E-state index in [0.29, 0.717) is 42.9 Å². The van der Waals surface area contributed by atoms with E-state index in [2.05, 4.69) is 10.6 Å². The molecule has 3 rings (SSSR count). The number of hydrogen-bond donors (Lipinski definition) is 3. The molecule has 7 nitrogen and oxygen atoms in total. The Labute approximate surface area is 134 Å². The highest BCUT2D eigenvalue weighted by Crippen LogP contribution is 2.36. The van der Waals surface area contributed by atoms with Crippen molar-refractivity contribution in [2.75, 3.05) is 12.1 Å². The minimum atomic E-state index is -0.746. The smallest absolute Gasteiger partial charge is 0.319 e. The summed E-state index contributed by atoms with van der Waals surface area (Å²) in [4.78, 5) is 23.1. The number of carbonyl (C=O) groups excluding carboxylic acids is 1. The van der Waals surface area contributed by atoms with E-state index in [9.17, 15) is 9.59 Å². The van der Waals surface area contributed by atoms with Gasteiger partial charge in [0.15, 0.2) is 11.5 Å². The van der Waals surface area contributed by atoms with Crippen LogP contribution in [0.2, 0.25) is 0 Å². The summed E-state index contributed by atoms with van der Waals surface area (Å²) in [6.45, 7) is 2.08. The van der Waals surface area contributed by atoms with Gasteiger partial charge >= 0.3 is 12.0 Å². The maximum atomic E-state index is 12.1. The first-order valence-corrected chi connectivity index (χ1v) is 7.73. The zero-order valence-electron chi connectivity index (χ0n) is 12.9. The fourth-order valence-corrected chi connectivity index (χ4v) is 3.01. The molecule has 7 heteroatoms. The number of aliphatic carboxylic acids is 1. The van der Waals surface area contributed by atoms with Crippen LogP contribution in [0.1, 0.15) is 31.2 Å². The molecular weight excluding hydrogens is 300 g/mol. The van der Waals surface area contributed by atoms with Gasteiger partial charge in [-0.15, -0.1) is 0 Å². The van der Waals surface area contributed by atoms with Gasteiger partial charge in [0.05, 0.1) is 5.92 Å². The molecule has 1 aliphatic carbocycles. The number of carboxylic acid groups (broad SMARTS) is 1. The first-order valence-electron chi connectivity index (χ1n) is 7.73. The molecule has 0 atom stereocenters. The van der Waals surface area contributed by atoms with Gasteiger partial charge in [0, 0.05) is 17.8 Å². The second-order valence-corrected chi connectivity index (χ2v) is 6.01. The number of anilines is 1. The van der Waals surface area contributed by atoms with E-state index in [0.717, 1.165) is 5.56 Å². The van der Waals surface area contributed by atoms with Crippen molar-refractivity contribution in [1.82, 2.24) is 5.32 Å². The van der Waals surface area contributed by atoms with Crippen LogP contribution >= 0.6 is 0 Å². The summed E-state index contributed by atoms with van der Waals surface area (Å²) >= 11 is 0. The van der Waals surface area contributed by atoms with Gasteiger partial charge in [-0.3, -0.25) is 4.79 Å². The molecule has 0 bridgehead atoms. The Hall–Kier alpha value is -2.44. The van der Waals surface area contributed by atoms with Crippen molar-refractivity contribution in [3.8, 4) is 11.5 Å². The Balaban J connectivity index is 1.55. The summed E-state index contributed by atoms with van der Waals surface area (Å²) in [6.07, 6.45) is 2.57. The summed E-state index contributed by atoms with van der Waals surface area (Å²) in [5, 5.41) is 14.7. The molecule has 0 unspecified atom stereocenters. The molecular formula is C16H20N2O5. The van der Waals surface area contributed by atoms with E-state index < -0.39 is 5.97 Å². The monoisotopic (exact) mass is 320 g/mol. The van der Waals surface area contributed by atoms with Gasteiger partial charge in [-0.2, -0.15) is 0 Å². The van der Waals surface area contributed by atoms with Crippen molar-refractivity contribution in [3.05, 3.63) is 17.7 Å². The quantitative estimate of drug-likeness (QED) is 0.795. The SMILES string of the molecule is Cc1cc2c(cc1NC(=O)NC1CCC(C(=O)O)CC1)OCO2.